The fraction of sp³-hybridized carbons (Fsp3) is 0.368. The molecule has 138 valence electrons. The molecule has 0 saturated carbocycles. The predicted octanol–water partition coefficient (Wildman–Crippen LogP) is 1.39. The van der Waals surface area contributed by atoms with E-state index < -0.39 is 11.5 Å². The van der Waals surface area contributed by atoms with Crippen LogP contribution in [0.3, 0.4) is 0 Å². The Hall–Kier alpha value is -2.51. The van der Waals surface area contributed by atoms with E-state index >= 15 is 0 Å². The van der Waals surface area contributed by atoms with Crippen molar-refractivity contribution in [1.82, 2.24) is 15.2 Å². The van der Waals surface area contributed by atoms with Crippen LogP contribution in [-0.4, -0.2) is 42.8 Å². The Morgan fingerprint density at radius 1 is 1.35 bits per heavy atom. The number of hydrogen-bond donors (Lipinski definition) is 2. The molecule has 6 nitrogen and oxygen atoms in total. The first kappa shape index (κ1) is 18.3. The molecule has 1 saturated heterocycles. The molecule has 3 rings (SSSR count). The van der Waals surface area contributed by atoms with Crippen LogP contribution in [0, 0.1) is 12.7 Å². The third-order valence-electron chi connectivity index (χ3n) is 4.41. The summed E-state index contributed by atoms with van der Waals surface area (Å²) < 4.78 is 19.8. The molecule has 0 aliphatic carbocycles. The molecule has 2 N–H and O–H groups in total. The normalized spacial score (nSPS) is 17.1. The van der Waals surface area contributed by atoms with Gasteiger partial charge in [-0.15, -0.1) is 0 Å². The van der Waals surface area contributed by atoms with Gasteiger partial charge in [-0.3, -0.25) is 14.2 Å². The molecule has 1 aliphatic rings. The molecular formula is C19H22FN3O3. The topological polar surface area (TPSA) is 72.4 Å². The lowest BCUT2D eigenvalue weighted by molar-refractivity contribution is 0.0732. The number of nitrogens with zero attached hydrogens (tertiary/aromatic N) is 1. The average Bonchev–Trinajstić information content (AvgIpc) is 2.64. The minimum atomic E-state index is -0.423. The summed E-state index contributed by atoms with van der Waals surface area (Å²) in [6.45, 7) is 4.30. The van der Waals surface area contributed by atoms with Crippen LogP contribution in [0.15, 0.2) is 41.3 Å². The van der Waals surface area contributed by atoms with Gasteiger partial charge in [-0.2, -0.15) is 0 Å². The number of halogens is 1. The van der Waals surface area contributed by atoms with Gasteiger partial charge in [0.2, 0.25) is 0 Å². The molecule has 1 fully saturated rings. The number of ether oxygens (including phenoxy) is 1. The molecule has 1 aromatic carbocycles. The maximum atomic E-state index is 13.1. The Labute approximate surface area is 151 Å². The Kier molecular flexibility index (Phi) is 5.80. The number of carbonyl (C=O) groups is 1. The highest BCUT2D eigenvalue weighted by molar-refractivity contribution is 5.95. The van der Waals surface area contributed by atoms with Crippen molar-refractivity contribution in [2.45, 2.75) is 19.4 Å². The van der Waals surface area contributed by atoms with Crippen molar-refractivity contribution in [1.29, 1.82) is 0 Å². The SMILES string of the molecule is Cc1ccn(-c2ccc(F)cc2)c(=O)c1C(=O)NCCC1COCCN1. The van der Waals surface area contributed by atoms with Crippen molar-refractivity contribution in [2.24, 2.45) is 0 Å². The molecule has 2 heterocycles. The lowest BCUT2D eigenvalue weighted by Gasteiger charge is -2.23. The smallest absolute Gasteiger partial charge is 0.268 e. The Morgan fingerprint density at radius 3 is 2.81 bits per heavy atom. The van der Waals surface area contributed by atoms with E-state index in [0.717, 1.165) is 13.0 Å². The van der Waals surface area contributed by atoms with Gasteiger partial charge in [0, 0.05) is 31.0 Å². The summed E-state index contributed by atoms with van der Waals surface area (Å²) in [5.41, 5.74) is 0.789. The van der Waals surface area contributed by atoms with Gasteiger partial charge in [-0.1, -0.05) is 0 Å². The van der Waals surface area contributed by atoms with Gasteiger partial charge >= 0.3 is 0 Å². The predicted molar refractivity (Wildman–Crippen MR) is 96.3 cm³/mol. The van der Waals surface area contributed by atoms with E-state index in [1.165, 1.54) is 28.8 Å². The maximum Gasteiger partial charge on any atom is 0.268 e. The standard InChI is InChI=1S/C19H22FN3O3/c1-13-7-10-23(16-4-2-14(20)3-5-16)19(25)17(13)18(24)22-8-6-15-12-26-11-9-21-15/h2-5,7,10,15,21H,6,8-9,11-12H2,1H3,(H,22,24). The molecule has 1 aliphatic heterocycles. The summed E-state index contributed by atoms with van der Waals surface area (Å²) in [6.07, 6.45) is 2.31. The summed E-state index contributed by atoms with van der Waals surface area (Å²) in [5, 5.41) is 6.13. The highest BCUT2D eigenvalue weighted by Gasteiger charge is 2.18. The van der Waals surface area contributed by atoms with E-state index in [9.17, 15) is 14.0 Å². The number of aryl methyl sites for hydroxylation is 1. The summed E-state index contributed by atoms with van der Waals surface area (Å²) in [5.74, 6) is -0.784. The number of aromatic nitrogens is 1. The third kappa shape index (κ3) is 4.17. The van der Waals surface area contributed by atoms with E-state index in [-0.39, 0.29) is 17.4 Å². The Morgan fingerprint density at radius 2 is 2.12 bits per heavy atom. The van der Waals surface area contributed by atoms with Crippen LogP contribution in [-0.2, 0) is 4.74 Å². The van der Waals surface area contributed by atoms with Crippen molar-refractivity contribution < 1.29 is 13.9 Å². The fourth-order valence-electron chi connectivity index (χ4n) is 2.96. The van der Waals surface area contributed by atoms with E-state index in [1.54, 1.807) is 19.2 Å². The van der Waals surface area contributed by atoms with Crippen LogP contribution >= 0.6 is 0 Å². The van der Waals surface area contributed by atoms with Crippen molar-refractivity contribution in [2.75, 3.05) is 26.3 Å². The molecule has 1 atom stereocenters. The van der Waals surface area contributed by atoms with Crippen LogP contribution in [0.1, 0.15) is 22.3 Å². The molecule has 1 amide bonds. The molecule has 0 spiro atoms. The van der Waals surface area contributed by atoms with E-state index in [0.29, 0.717) is 31.0 Å². The first-order chi connectivity index (χ1) is 12.6. The van der Waals surface area contributed by atoms with Crippen LogP contribution in [0.4, 0.5) is 4.39 Å². The minimum absolute atomic E-state index is 0.102. The van der Waals surface area contributed by atoms with Crippen LogP contribution in [0.2, 0.25) is 0 Å². The number of carbonyl (C=O) groups excluding carboxylic acids is 1. The first-order valence-electron chi connectivity index (χ1n) is 8.64. The van der Waals surface area contributed by atoms with Gasteiger partial charge in [0.1, 0.15) is 11.4 Å². The zero-order chi connectivity index (χ0) is 18.5. The molecule has 0 bridgehead atoms. The highest BCUT2D eigenvalue weighted by atomic mass is 19.1. The van der Waals surface area contributed by atoms with E-state index in [4.69, 9.17) is 4.74 Å². The van der Waals surface area contributed by atoms with Crippen molar-refractivity contribution >= 4 is 5.91 Å². The number of rotatable bonds is 5. The molecule has 2 aromatic rings. The zero-order valence-corrected chi connectivity index (χ0v) is 14.6. The number of morpholine rings is 1. The van der Waals surface area contributed by atoms with E-state index in [1.807, 2.05) is 0 Å². The molecule has 1 unspecified atom stereocenters. The van der Waals surface area contributed by atoms with Gasteiger partial charge in [-0.05, 0) is 49.2 Å². The summed E-state index contributed by atoms with van der Waals surface area (Å²) >= 11 is 0. The van der Waals surface area contributed by atoms with Crippen LogP contribution < -0.4 is 16.2 Å². The molecule has 0 radical (unpaired) electrons. The molecule has 1 aromatic heterocycles. The van der Waals surface area contributed by atoms with Gasteiger partial charge < -0.3 is 15.4 Å². The minimum Gasteiger partial charge on any atom is -0.379 e. The Balaban J connectivity index is 1.73. The second kappa shape index (κ2) is 8.25. The number of amides is 1. The quantitative estimate of drug-likeness (QED) is 0.846. The maximum absolute atomic E-state index is 13.1. The van der Waals surface area contributed by atoms with Crippen molar-refractivity contribution in [3.05, 3.63) is 63.8 Å². The monoisotopic (exact) mass is 359 g/mol. The number of pyridine rings is 1. The summed E-state index contributed by atoms with van der Waals surface area (Å²) in [7, 11) is 0. The fourth-order valence-corrected chi connectivity index (χ4v) is 2.96. The largest absolute Gasteiger partial charge is 0.379 e. The molecular weight excluding hydrogens is 337 g/mol. The molecule has 26 heavy (non-hydrogen) atoms. The highest BCUT2D eigenvalue weighted by Crippen LogP contribution is 2.10. The average molecular weight is 359 g/mol. The lowest BCUT2D eigenvalue weighted by Crippen LogP contribution is -2.43. The van der Waals surface area contributed by atoms with Crippen LogP contribution in [0.5, 0.6) is 0 Å². The van der Waals surface area contributed by atoms with Gasteiger partial charge in [0.15, 0.2) is 0 Å². The van der Waals surface area contributed by atoms with E-state index in [2.05, 4.69) is 10.6 Å². The van der Waals surface area contributed by atoms with Crippen molar-refractivity contribution in [3.8, 4) is 5.69 Å². The van der Waals surface area contributed by atoms with Crippen molar-refractivity contribution in [3.63, 3.8) is 0 Å². The van der Waals surface area contributed by atoms with Crippen LogP contribution in [0.25, 0.3) is 5.69 Å². The third-order valence-corrected chi connectivity index (χ3v) is 4.41. The molecule has 7 heteroatoms. The summed E-state index contributed by atoms with van der Waals surface area (Å²) in [4.78, 5) is 25.3. The second-order valence-electron chi connectivity index (χ2n) is 6.30. The van der Waals surface area contributed by atoms with Gasteiger partial charge in [0.05, 0.1) is 13.2 Å². The zero-order valence-electron chi connectivity index (χ0n) is 14.6. The number of nitrogens with one attached hydrogen (secondary N) is 2. The lowest BCUT2D eigenvalue weighted by atomic mass is 10.1. The number of hydrogen-bond acceptors (Lipinski definition) is 4. The van der Waals surface area contributed by atoms with Gasteiger partial charge in [-0.25, -0.2) is 4.39 Å². The van der Waals surface area contributed by atoms with Gasteiger partial charge in [0.25, 0.3) is 11.5 Å². The second-order valence-corrected chi connectivity index (χ2v) is 6.30. The Bertz CT molecular complexity index is 827. The number of benzene rings is 1. The first-order valence-corrected chi connectivity index (χ1v) is 8.64. The summed E-state index contributed by atoms with van der Waals surface area (Å²) in [6, 6.07) is 7.47.